The number of nitrogens with two attached hydrogens (primary N) is 1. The molecule has 1 aliphatic carbocycles. The maximum atomic E-state index is 5.02. The lowest BCUT2D eigenvalue weighted by Crippen LogP contribution is -2.03. The highest BCUT2D eigenvalue weighted by molar-refractivity contribution is 5.76. The molecule has 2 aromatic rings. The number of rotatable bonds is 4. The molecule has 1 fully saturated rings. The molecule has 16 heavy (non-hydrogen) atoms. The highest BCUT2D eigenvalue weighted by Crippen LogP contribution is 2.37. The van der Waals surface area contributed by atoms with E-state index in [2.05, 4.69) is 32.6 Å². The molecule has 4 nitrogen and oxygen atoms in total. The zero-order valence-electron chi connectivity index (χ0n) is 9.10. The van der Waals surface area contributed by atoms with Crippen molar-refractivity contribution in [1.29, 1.82) is 0 Å². The summed E-state index contributed by atoms with van der Waals surface area (Å²) in [5.41, 5.74) is 3.53. The number of nitrogens with zero attached hydrogens (tertiary/aromatic N) is 2. The average Bonchev–Trinajstić information content (AvgIpc) is 3.07. The minimum atomic E-state index is 0.550. The fraction of sp³-hybridized carbons (Fsp3) is 0.417. The van der Waals surface area contributed by atoms with E-state index in [1.165, 1.54) is 23.9 Å². The van der Waals surface area contributed by atoms with E-state index in [0.29, 0.717) is 12.6 Å². The molecule has 0 bridgehead atoms. The van der Waals surface area contributed by atoms with E-state index in [9.17, 15) is 0 Å². The maximum absolute atomic E-state index is 5.02. The van der Waals surface area contributed by atoms with Gasteiger partial charge in [0.1, 0.15) is 0 Å². The molecule has 1 saturated carbocycles. The largest absolute Gasteiger partial charge is 0.327 e. The summed E-state index contributed by atoms with van der Waals surface area (Å²) in [5, 5.41) is 0. The number of hydrogen-bond donors (Lipinski definition) is 1. The van der Waals surface area contributed by atoms with E-state index >= 15 is 0 Å². The molecular weight excluding hydrogens is 202 g/mol. The van der Waals surface area contributed by atoms with Crippen molar-refractivity contribution in [2.24, 2.45) is 5.90 Å². The third-order valence-corrected chi connectivity index (χ3v) is 3.09. The van der Waals surface area contributed by atoms with Crippen LogP contribution in [0.2, 0.25) is 0 Å². The molecule has 0 radical (unpaired) electrons. The standard InChI is InChI=1S/C12H15N3O/c13-16-6-5-9-1-4-12-11(7-9)14-8-15(12)10-2-3-10/h1,4,7-8,10H,2-3,5-6,13H2. The van der Waals surface area contributed by atoms with E-state index in [1.54, 1.807) is 0 Å². The summed E-state index contributed by atoms with van der Waals surface area (Å²) in [4.78, 5) is 9.03. The molecule has 0 amide bonds. The monoisotopic (exact) mass is 217 g/mol. The molecular formula is C12H15N3O. The van der Waals surface area contributed by atoms with Gasteiger partial charge in [-0.1, -0.05) is 6.07 Å². The van der Waals surface area contributed by atoms with Gasteiger partial charge in [0.25, 0.3) is 0 Å². The van der Waals surface area contributed by atoms with Crippen molar-refractivity contribution in [1.82, 2.24) is 9.55 Å². The van der Waals surface area contributed by atoms with E-state index in [4.69, 9.17) is 5.90 Å². The number of hydrogen-bond acceptors (Lipinski definition) is 3. The highest BCUT2D eigenvalue weighted by atomic mass is 16.6. The molecule has 0 saturated heterocycles. The van der Waals surface area contributed by atoms with Crippen LogP contribution in [0.25, 0.3) is 11.0 Å². The molecule has 84 valence electrons. The molecule has 0 unspecified atom stereocenters. The van der Waals surface area contributed by atoms with Crippen LogP contribution in [-0.2, 0) is 11.3 Å². The van der Waals surface area contributed by atoms with Crippen LogP contribution in [0.5, 0.6) is 0 Å². The first-order valence-corrected chi connectivity index (χ1v) is 5.65. The number of benzene rings is 1. The first-order chi connectivity index (χ1) is 7.88. The summed E-state index contributed by atoms with van der Waals surface area (Å²) in [7, 11) is 0. The Bertz CT molecular complexity index is 502. The second-order valence-electron chi connectivity index (χ2n) is 4.33. The third kappa shape index (κ3) is 1.70. The lowest BCUT2D eigenvalue weighted by molar-refractivity contribution is 0.141. The summed E-state index contributed by atoms with van der Waals surface area (Å²) in [6.07, 6.45) is 5.36. The minimum absolute atomic E-state index is 0.550. The van der Waals surface area contributed by atoms with Crippen LogP contribution < -0.4 is 5.90 Å². The summed E-state index contributed by atoms with van der Waals surface area (Å²) in [6, 6.07) is 7.07. The Morgan fingerprint density at radius 3 is 3.06 bits per heavy atom. The third-order valence-electron chi connectivity index (χ3n) is 3.09. The smallest absolute Gasteiger partial charge is 0.0960 e. The van der Waals surface area contributed by atoms with Crippen molar-refractivity contribution in [3.63, 3.8) is 0 Å². The second kappa shape index (κ2) is 3.88. The van der Waals surface area contributed by atoms with E-state index in [0.717, 1.165) is 11.9 Å². The van der Waals surface area contributed by atoms with Gasteiger partial charge in [0, 0.05) is 6.04 Å². The Labute approximate surface area is 94.0 Å². The maximum Gasteiger partial charge on any atom is 0.0960 e. The molecule has 4 heteroatoms. The summed E-state index contributed by atoms with van der Waals surface area (Å²) in [5.74, 6) is 5.02. The van der Waals surface area contributed by atoms with Gasteiger partial charge in [-0.25, -0.2) is 10.9 Å². The molecule has 0 aliphatic heterocycles. The van der Waals surface area contributed by atoms with Crippen molar-refractivity contribution in [2.45, 2.75) is 25.3 Å². The Hall–Kier alpha value is -1.39. The SMILES string of the molecule is NOCCc1ccc2c(c1)ncn2C1CC1. The Morgan fingerprint density at radius 2 is 2.31 bits per heavy atom. The van der Waals surface area contributed by atoms with Gasteiger partial charge in [0.15, 0.2) is 0 Å². The van der Waals surface area contributed by atoms with Gasteiger partial charge >= 0.3 is 0 Å². The van der Waals surface area contributed by atoms with Crippen molar-refractivity contribution >= 4 is 11.0 Å². The normalized spacial score (nSPS) is 15.8. The van der Waals surface area contributed by atoms with E-state index in [1.807, 2.05) is 6.33 Å². The van der Waals surface area contributed by atoms with Crippen LogP contribution in [0.15, 0.2) is 24.5 Å². The van der Waals surface area contributed by atoms with Gasteiger partial charge in [-0.3, -0.25) is 0 Å². The second-order valence-corrected chi connectivity index (χ2v) is 4.33. The molecule has 2 N–H and O–H groups in total. The summed E-state index contributed by atoms with van der Waals surface area (Å²) in [6.45, 7) is 0.550. The Morgan fingerprint density at radius 1 is 1.44 bits per heavy atom. The fourth-order valence-electron chi connectivity index (χ4n) is 2.05. The highest BCUT2D eigenvalue weighted by Gasteiger charge is 2.24. The number of fused-ring (bicyclic) bond motifs is 1. The number of aromatic nitrogens is 2. The summed E-state index contributed by atoms with van der Waals surface area (Å²) < 4.78 is 2.28. The molecule has 0 atom stereocenters. The molecule has 1 aromatic heterocycles. The molecule has 1 aliphatic rings. The molecule has 0 spiro atoms. The first-order valence-electron chi connectivity index (χ1n) is 5.65. The van der Waals surface area contributed by atoms with Gasteiger partial charge < -0.3 is 9.40 Å². The fourth-order valence-corrected chi connectivity index (χ4v) is 2.05. The quantitative estimate of drug-likeness (QED) is 0.794. The lowest BCUT2D eigenvalue weighted by atomic mass is 10.1. The van der Waals surface area contributed by atoms with Crippen molar-refractivity contribution < 1.29 is 4.84 Å². The van der Waals surface area contributed by atoms with Gasteiger partial charge in [-0.2, -0.15) is 0 Å². The van der Waals surface area contributed by atoms with Gasteiger partial charge in [0.2, 0.25) is 0 Å². The predicted molar refractivity (Wildman–Crippen MR) is 61.8 cm³/mol. The number of imidazole rings is 1. The molecule has 1 heterocycles. The van der Waals surface area contributed by atoms with Gasteiger partial charge in [0.05, 0.1) is 24.0 Å². The first kappa shape index (κ1) is 9.81. The summed E-state index contributed by atoms with van der Waals surface area (Å²) >= 11 is 0. The lowest BCUT2D eigenvalue weighted by Gasteiger charge is -2.02. The Kier molecular flexibility index (Phi) is 2.38. The predicted octanol–water partition coefficient (Wildman–Crippen LogP) is 1.80. The zero-order valence-corrected chi connectivity index (χ0v) is 9.10. The van der Waals surface area contributed by atoms with Crippen LogP contribution in [0, 0.1) is 0 Å². The molecule has 1 aromatic carbocycles. The average molecular weight is 217 g/mol. The van der Waals surface area contributed by atoms with E-state index < -0.39 is 0 Å². The van der Waals surface area contributed by atoms with Crippen molar-refractivity contribution in [3.8, 4) is 0 Å². The van der Waals surface area contributed by atoms with Crippen LogP contribution in [0.4, 0.5) is 0 Å². The van der Waals surface area contributed by atoms with Gasteiger partial charge in [-0.15, -0.1) is 0 Å². The van der Waals surface area contributed by atoms with Gasteiger partial charge in [-0.05, 0) is 37.0 Å². The van der Waals surface area contributed by atoms with Crippen molar-refractivity contribution in [3.05, 3.63) is 30.1 Å². The van der Waals surface area contributed by atoms with Crippen LogP contribution in [0.1, 0.15) is 24.4 Å². The van der Waals surface area contributed by atoms with Crippen molar-refractivity contribution in [2.75, 3.05) is 6.61 Å². The minimum Gasteiger partial charge on any atom is -0.327 e. The van der Waals surface area contributed by atoms with Crippen LogP contribution >= 0.6 is 0 Å². The molecule has 3 rings (SSSR count). The van der Waals surface area contributed by atoms with Crippen LogP contribution in [-0.4, -0.2) is 16.2 Å². The zero-order chi connectivity index (χ0) is 11.0. The Balaban J connectivity index is 1.93. The van der Waals surface area contributed by atoms with Crippen LogP contribution in [0.3, 0.4) is 0 Å². The van der Waals surface area contributed by atoms with E-state index in [-0.39, 0.29) is 0 Å². The topological polar surface area (TPSA) is 53.1 Å².